The van der Waals surface area contributed by atoms with Gasteiger partial charge >= 0.3 is 5.69 Å². The van der Waals surface area contributed by atoms with E-state index in [-0.39, 0.29) is 16.4 Å². The Hall–Kier alpha value is -3.92. The van der Waals surface area contributed by atoms with Crippen LogP contribution in [-0.2, 0) is 0 Å². The minimum atomic E-state index is -0.809. The van der Waals surface area contributed by atoms with Crippen molar-refractivity contribution in [1.82, 2.24) is 15.0 Å². The van der Waals surface area contributed by atoms with Crippen LogP contribution in [0, 0.1) is 0 Å². The molecule has 9 nitrogen and oxygen atoms in total. The molecule has 1 aromatic heterocycles. The Morgan fingerprint density at radius 1 is 1.20 bits per heavy atom. The monoisotopic (exact) mass is 425 g/mol. The van der Waals surface area contributed by atoms with E-state index in [2.05, 4.69) is 20.8 Å². The first-order valence-corrected chi connectivity index (χ1v) is 9.37. The summed E-state index contributed by atoms with van der Waals surface area (Å²) in [4.78, 5) is 26.7. The molecule has 2 aromatic carbocycles. The topological polar surface area (TPSA) is 121 Å². The van der Waals surface area contributed by atoms with Gasteiger partial charge in [0.05, 0.1) is 18.5 Å². The van der Waals surface area contributed by atoms with Crippen LogP contribution < -0.4 is 26.7 Å². The van der Waals surface area contributed by atoms with Gasteiger partial charge in [0.1, 0.15) is 11.3 Å². The van der Waals surface area contributed by atoms with Gasteiger partial charge in [-0.2, -0.15) is 5.10 Å². The summed E-state index contributed by atoms with van der Waals surface area (Å²) in [6.07, 6.45) is 1.08. The van der Waals surface area contributed by atoms with Gasteiger partial charge in [0.25, 0.3) is 5.56 Å². The van der Waals surface area contributed by atoms with E-state index in [4.69, 9.17) is 17.0 Å². The highest BCUT2D eigenvalue weighted by molar-refractivity contribution is 7.80. The number of anilines is 1. The summed E-state index contributed by atoms with van der Waals surface area (Å²) in [5.41, 5.74) is 1.76. The molecule has 0 spiro atoms. The minimum Gasteiger partial charge on any atom is -0.493 e. The zero-order valence-electron chi connectivity index (χ0n) is 16.0. The van der Waals surface area contributed by atoms with Crippen LogP contribution in [0.15, 0.2) is 69.3 Å². The number of ether oxygens (including phenoxy) is 1. The number of nitrogens with one attached hydrogen (secondary N) is 3. The van der Waals surface area contributed by atoms with Gasteiger partial charge in [0, 0.05) is 5.69 Å². The molecule has 0 bridgehead atoms. The summed E-state index contributed by atoms with van der Waals surface area (Å²) in [6.45, 7) is 2.16. The van der Waals surface area contributed by atoms with E-state index >= 15 is 0 Å². The smallest absolute Gasteiger partial charge is 0.335 e. The second-order valence-electron chi connectivity index (χ2n) is 5.92. The van der Waals surface area contributed by atoms with E-state index in [0.29, 0.717) is 12.4 Å². The van der Waals surface area contributed by atoms with E-state index in [1.165, 1.54) is 0 Å². The lowest BCUT2D eigenvalue weighted by Gasteiger charge is -2.14. The van der Waals surface area contributed by atoms with Crippen molar-refractivity contribution in [3.63, 3.8) is 0 Å². The predicted octanol–water partition coefficient (Wildman–Crippen LogP) is 1.95. The zero-order valence-corrected chi connectivity index (χ0v) is 16.8. The van der Waals surface area contributed by atoms with Crippen LogP contribution in [-0.4, -0.2) is 32.6 Å². The van der Waals surface area contributed by atoms with Crippen LogP contribution in [0.4, 0.5) is 5.69 Å². The van der Waals surface area contributed by atoms with Gasteiger partial charge in [-0.05, 0) is 43.4 Å². The molecule has 0 saturated heterocycles. The lowest BCUT2D eigenvalue weighted by atomic mass is 10.2. The maximum atomic E-state index is 12.4. The lowest BCUT2D eigenvalue weighted by Crippen LogP contribution is -2.32. The molecule has 10 heteroatoms. The van der Waals surface area contributed by atoms with Crippen LogP contribution >= 0.6 is 12.2 Å². The SMILES string of the molecule is CCOc1ccccc1-n1c(O)c(C=NNC(=S)Nc2ccccc2)c(=O)[nH]c1=O. The normalized spacial score (nSPS) is 10.7. The average Bonchev–Trinajstić information content (AvgIpc) is 2.72. The second kappa shape index (κ2) is 9.52. The van der Waals surface area contributed by atoms with Crippen molar-refractivity contribution >= 4 is 29.2 Å². The van der Waals surface area contributed by atoms with Crippen LogP contribution in [0.1, 0.15) is 12.5 Å². The molecule has 0 fully saturated rings. The quantitative estimate of drug-likeness (QED) is 0.271. The molecule has 0 aliphatic carbocycles. The van der Waals surface area contributed by atoms with Crippen LogP contribution in [0.5, 0.6) is 11.6 Å². The zero-order chi connectivity index (χ0) is 21.5. The molecule has 0 radical (unpaired) electrons. The van der Waals surface area contributed by atoms with Crippen LogP contribution in [0.25, 0.3) is 5.69 Å². The van der Waals surface area contributed by atoms with Crippen molar-refractivity contribution in [3.05, 3.63) is 81.0 Å². The Morgan fingerprint density at radius 2 is 1.90 bits per heavy atom. The number of benzene rings is 2. The first-order valence-electron chi connectivity index (χ1n) is 8.97. The third-order valence-electron chi connectivity index (χ3n) is 3.92. The molecule has 0 saturated carbocycles. The number of hydrogen-bond acceptors (Lipinski definition) is 6. The molecule has 0 aliphatic heterocycles. The number of thiocarbonyl (C=S) groups is 1. The lowest BCUT2D eigenvalue weighted by molar-refractivity contribution is 0.336. The van der Waals surface area contributed by atoms with Gasteiger partial charge in [-0.25, -0.2) is 9.36 Å². The van der Waals surface area contributed by atoms with Gasteiger partial charge < -0.3 is 15.2 Å². The molecule has 0 amide bonds. The number of hydrazone groups is 1. The Morgan fingerprint density at radius 3 is 2.63 bits per heavy atom. The van der Waals surface area contributed by atoms with E-state index in [0.717, 1.165) is 16.5 Å². The Balaban J connectivity index is 1.89. The molecule has 0 atom stereocenters. The molecule has 30 heavy (non-hydrogen) atoms. The van der Waals surface area contributed by atoms with E-state index in [1.807, 2.05) is 30.3 Å². The molecule has 4 N–H and O–H groups in total. The van der Waals surface area contributed by atoms with Crippen molar-refractivity contribution in [1.29, 1.82) is 0 Å². The largest absolute Gasteiger partial charge is 0.493 e. The summed E-state index contributed by atoms with van der Waals surface area (Å²) in [6, 6.07) is 15.8. The van der Waals surface area contributed by atoms with Crippen LogP contribution in [0.3, 0.4) is 0 Å². The summed E-state index contributed by atoms with van der Waals surface area (Å²) in [7, 11) is 0. The minimum absolute atomic E-state index is 0.184. The van der Waals surface area contributed by atoms with Gasteiger partial charge in [0.2, 0.25) is 5.88 Å². The Bertz CT molecular complexity index is 1190. The number of rotatable bonds is 6. The fourth-order valence-corrected chi connectivity index (χ4v) is 2.80. The molecular weight excluding hydrogens is 406 g/mol. The Kier molecular flexibility index (Phi) is 6.60. The van der Waals surface area contributed by atoms with Gasteiger partial charge in [0.15, 0.2) is 5.11 Å². The van der Waals surface area contributed by atoms with Crippen molar-refractivity contribution in [2.75, 3.05) is 11.9 Å². The summed E-state index contributed by atoms with van der Waals surface area (Å²) >= 11 is 5.13. The molecule has 3 rings (SSSR count). The highest BCUT2D eigenvalue weighted by atomic mass is 32.1. The average molecular weight is 425 g/mol. The number of nitrogens with zero attached hydrogens (tertiary/aromatic N) is 2. The number of H-pyrrole nitrogens is 1. The third-order valence-corrected chi connectivity index (χ3v) is 4.11. The predicted molar refractivity (Wildman–Crippen MR) is 119 cm³/mol. The molecule has 1 heterocycles. The summed E-state index contributed by atoms with van der Waals surface area (Å²) in [5.74, 6) is -0.206. The molecule has 0 aliphatic rings. The summed E-state index contributed by atoms with van der Waals surface area (Å²) < 4.78 is 6.45. The fourth-order valence-electron chi connectivity index (χ4n) is 2.63. The van der Waals surface area contributed by atoms with Crippen molar-refractivity contribution < 1.29 is 9.84 Å². The van der Waals surface area contributed by atoms with Gasteiger partial charge in [-0.1, -0.05) is 30.3 Å². The molecule has 154 valence electrons. The van der Waals surface area contributed by atoms with Crippen LogP contribution in [0.2, 0.25) is 0 Å². The van der Waals surface area contributed by atoms with E-state index in [1.54, 1.807) is 31.2 Å². The van der Waals surface area contributed by atoms with Gasteiger partial charge in [-0.3, -0.25) is 15.2 Å². The number of aromatic hydroxyl groups is 1. The Labute approximate surface area is 176 Å². The number of aromatic amines is 1. The number of hydrogen-bond donors (Lipinski definition) is 4. The highest BCUT2D eigenvalue weighted by Gasteiger charge is 2.17. The summed E-state index contributed by atoms with van der Waals surface area (Å²) in [5, 5.41) is 17.6. The fraction of sp³-hybridized carbons (Fsp3) is 0.100. The van der Waals surface area contributed by atoms with Crippen molar-refractivity contribution in [2.45, 2.75) is 6.92 Å². The maximum absolute atomic E-state index is 12.4. The standard InChI is InChI=1S/C20H19N5O4S/c1-2-29-16-11-7-6-10-15(16)25-18(27)14(17(26)23-20(25)28)12-21-24-19(30)22-13-8-4-3-5-9-13/h3-12,27H,2H2,1H3,(H2,22,24,30)(H,23,26,28). The van der Waals surface area contributed by atoms with Crippen molar-refractivity contribution in [3.8, 4) is 17.3 Å². The van der Waals surface area contributed by atoms with Gasteiger partial charge in [-0.15, -0.1) is 0 Å². The first-order chi connectivity index (χ1) is 14.5. The van der Waals surface area contributed by atoms with Crippen molar-refractivity contribution in [2.24, 2.45) is 5.10 Å². The molecule has 3 aromatic rings. The number of aromatic nitrogens is 2. The van der Waals surface area contributed by atoms with E-state index in [9.17, 15) is 14.7 Å². The maximum Gasteiger partial charge on any atom is 0.335 e. The third kappa shape index (κ3) is 4.73. The molecule has 0 unspecified atom stereocenters. The first kappa shape index (κ1) is 20.8. The number of para-hydroxylation sites is 3. The molecular formula is C20H19N5O4S. The second-order valence-corrected chi connectivity index (χ2v) is 6.33. The van der Waals surface area contributed by atoms with E-state index < -0.39 is 17.1 Å². The highest BCUT2D eigenvalue weighted by Crippen LogP contribution is 2.25.